The summed E-state index contributed by atoms with van der Waals surface area (Å²) in [6.45, 7) is 5.77. The van der Waals surface area contributed by atoms with Crippen molar-refractivity contribution in [3.05, 3.63) is 28.8 Å². The fourth-order valence-electron chi connectivity index (χ4n) is 1.46. The van der Waals surface area contributed by atoms with Gasteiger partial charge in [-0.2, -0.15) is 0 Å². The Kier molecular flexibility index (Phi) is 3.97. The maximum absolute atomic E-state index is 10.7. The molecular formula is C11H14ClNO2. The van der Waals surface area contributed by atoms with Crippen LogP contribution in [0, 0.1) is 0 Å². The van der Waals surface area contributed by atoms with Crippen LogP contribution in [0.4, 0.5) is 5.69 Å². The number of carboxylic acids is 1. The Balaban J connectivity index is 3.07. The second kappa shape index (κ2) is 5.03. The van der Waals surface area contributed by atoms with Gasteiger partial charge in [-0.1, -0.05) is 11.6 Å². The lowest BCUT2D eigenvalue weighted by Gasteiger charge is -2.22. The maximum atomic E-state index is 10.7. The van der Waals surface area contributed by atoms with Crippen molar-refractivity contribution < 1.29 is 9.90 Å². The number of anilines is 1. The van der Waals surface area contributed by atoms with Crippen molar-refractivity contribution in [3.63, 3.8) is 0 Å². The van der Waals surface area contributed by atoms with Crippen LogP contribution < -0.4 is 4.90 Å². The highest BCUT2D eigenvalue weighted by Gasteiger charge is 2.10. The Morgan fingerprint density at radius 3 is 2.40 bits per heavy atom. The normalized spacial score (nSPS) is 10.1. The van der Waals surface area contributed by atoms with Gasteiger partial charge in [-0.05, 0) is 32.0 Å². The minimum absolute atomic E-state index is 0.218. The molecule has 0 fully saturated rings. The molecule has 0 unspecified atom stereocenters. The Morgan fingerprint density at radius 1 is 1.40 bits per heavy atom. The first-order chi connectivity index (χ1) is 7.10. The summed E-state index contributed by atoms with van der Waals surface area (Å²) >= 11 is 6.02. The van der Waals surface area contributed by atoms with Crippen LogP contribution in [-0.2, 0) is 0 Å². The molecule has 0 atom stereocenters. The predicted octanol–water partition coefficient (Wildman–Crippen LogP) is 2.88. The standard InChI is InChI=1S/C11H14ClNO2/c1-3-13(4-2)10-6-5-8(11(14)15)7-9(10)12/h5-7H,3-4H2,1-2H3,(H,14,15). The third kappa shape index (κ3) is 2.63. The van der Waals surface area contributed by atoms with Crippen LogP contribution in [0.2, 0.25) is 5.02 Å². The van der Waals surface area contributed by atoms with Crippen LogP contribution in [0.3, 0.4) is 0 Å². The Bertz CT molecular complexity index is 362. The second-order valence-corrected chi connectivity index (χ2v) is 3.55. The molecule has 0 bridgehead atoms. The molecule has 0 saturated carbocycles. The lowest BCUT2D eigenvalue weighted by atomic mass is 10.2. The zero-order valence-corrected chi connectivity index (χ0v) is 9.58. The molecule has 82 valence electrons. The average molecular weight is 228 g/mol. The summed E-state index contributed by atoms with van der Waals surface area (Å²) in [5.41, 5.74) is 1.10. The topological polar surface area (TPSA) is 40.5 Å². The maximum Gasteiger partial charge on any atom is 0.335 e. The summed E-state index contributed by atoms with van der Waals surface area (Å²) in [4.78, 5) is 12.8. The first-order valence-electron chi connectivity index (χ1n) is 4.88. The van der Waals surface area contributed by atoms with Crippen LogP contribution in [0.5, 0.6) is 0 Å². The van der Waals surface area contributed by atoms with Gasteiger partial charge in [0, 0.05) is 13.1 Å². The Hall–Kier alpha value is -1.22. The highest BCUT2D eigenvalue weighted by Crippen LogP contribution is 2.26. The van der Waals surface area contributed by atoms with Crippen molar-refractivity contribution in [2.75, 3.05) is 18.0 Å². The Labute approximate surface area is 94.3 Å². The lowest BCUT2D eigenvalue weighted by Crippen LogP contribution is -2.22. The monoisotopic (exact) mass is 227 g/mol. The molecule has 1 N–H and O–H groups in total. The summed E-state index contributed by atoms with van der Waals surface area (Å²) in [7, 11) is 0. The number of hydrogen-bond donors (Lipinski definition) is 1. The smallest absolute Gasteiger partial charge is 0.335 e. The van der Waals surface area contributed by atoms with Gasteiger partial charge in [0.15, 0.2) is 0 Å². The summed E-state index contributed by atoms with van der Waals surface area (Å²) < 4.78 is 0. The van der Waals surface area contributed by atoms with E-state index in [-0.39, 0.29) is 5.56 Å². The molecule has 3 nitrogen and oxygen atoms in total. The van der Waals surface area contributed by atoms with Crippen LogP contribution in [0.1, 0.15) is 24.2 Å². The minimum Gasteiger partial charge on any atom is -0.478 e. The van der Waals surface area contributed by atoms with E-state index in [4.69, 9.17) is 16.7 Å². The molecule has 4 heteroatoms. The molecule has 15 heavy (non-hydrogen) atoms. The van der Waals surface area contributed by atoms with E-state index in [2.05, 4.69) is 4.90 Å². The molecule has 1 aromatic carbocycles. The molecule has 0 amide bonds. The van der Waals surface area contributed by atoms with E-state index in [1.54, 1.807) is 12.1 Å². The van der Waals surface area contributed by atoms with E-state index in [0.29, 0.717) is 5.02 Å². The first-order valence-corrected chi connectivity index (χ1v) is 5.25. The van der Waals surface area contributed by atoms with Crippen molar-refractivity contribution in [1.29, 1.82) is 0 Å². The van der Waals surface area contributed by atoms with Crippen molar-refractivity contribution in [2.45, 2.75) is 13.8 Å². The van der Waals surface area contributed by atoms with Crippen LogP contribution in [0.25, 0.3) is 0 Å². The molecule has 1 rings (SSSR count). The molecule has 0 aromatic heterocycles. The number of halogens is 1. The van der Waals surface area contributed by atoms with Gasteiger partial charge in [-0.15, -0.1) is 0 Å². The summed E-state index contributed by atoms with van der Waals surface area (Å²) in [6.07, 6.45) is 0. The van der Waals surface area contributed by atoms with E-state index >= 15 is 0 Å². The largest absolute Gasteiger partial charge is 0.478 e. The van der Waals surface area contributed by atoms with Gasteiger partial charge in [0.2, 0.25) is 0 Å². The SMILES string of the molecule is CCN(CC)c1ccc(C(=O)O)cc1Cl. The van der Waals surface area contributed by atoms with Gasteiger partial charge in [0.1, 0.15) is 0 Å². The van der Waals surface area contributed by atoms with Crippen LogP contribution in [0.15, 0.2) is 18.2 Å². The van der Waals surface area contributed by atoms with E-state index in [0.717, 1.165) is 18.8 Å². The van der Waals surface area contributed by atoms with Gasteiger partial charge in [0.25, 0.3) is 0 Å². The van der Waals surface area contributed by atoms with E-state index in [1.165, 1.54) is 6.07 Å². The number of carboxylic acid groups (broad SMARTS) is 1. The van der Waals surface area contributed by atoms with Crippen molar-refractivity contribution in [1.82, 2.24) is 0 Å². The zero-order valence-electron chi connectivity index (χ0n) is 8.83. The minimum atomic E-state index is -0.956. The van der Waals surface area contributed by atoms with Gasteiger partial charge < -0.3 is 10.0 Å². The number of hydrogen-bond acceptors (Lipinski definition) is 2. The molecule has 0 saturated heterocycles. The first kappa shape index (κ1) is 11.9. The predicted molar refractivity (Wildman–Crippen MR) is 62.0 cm³/mol. The number of nitrogens with zero attached hydrogens (tertiary/aromatic N) is 1. The van der Waals surface area contributed by atoms with Gasteiger partial charge in [-0.3, -0.25) is 0 Å². The zero-order chi connectivity index (χ0) is 11.4. The second-order valence-electron chi connectivity index (χ2n) is 3.14. The van der Waals surface area contributed by atoms with Gasteiger partial charge in [-0.25, -0.2) is 4.79 Å². The number of carbonyl (C=O) groups is 1. The van der Waals surface area contributed by atoms with Crippen molar-refractivity contribution >= 4 is 23.3 Å². The van der Waals surface area contributed by atoms with Crippen LogP contribution >= 0.6 is 11.6 Å². The molecule has 0 spiro atoms. The fourth-order valence-corrected chi connectivity index (χ4v) is 1.76. The summed E-state index contributed by atoms with van der Waals surface area (Å²) in [5.74, 6) is -0.956. The quantitative estimate of drug-likeness (QED) is 0.860. The van der Waals surface area contributed by atoms with Gasteiger partial charge in [0.05, 0.1) is 16.3 Å². The lowest BCUT2D eigenvalue weighted by molar-refractivity contribution is 0.0697. The number of aromatic carboxylic acids is 1. The molecule has 0 aliphatic heterocycles. The number of benzene rings is 1. The third-order valence-corrected chi connectivity index (χ3v) is 2.60. The highest BCUT2D eigenvalue weighted by atomic mass is 35.5. The van der Waals surface area contributed by atoms with E-state index in [1.807, 2.05) is 13.8 Å². The Morgan fingerprint density at radius 2 is 2.00 bits per heavy atom. The highest BCUT2D eigenvalue weighted by molar-refractivity contribution is 6.33. The van der Waals surface area contributed by atoms with E-state index < -0.39 is 5.97 Å². The molecule has 0 aliphatic carbocycles. The van der Waals surface area contributed by atoms with Crippen molar-refractivity contribution in [2.24, 2.45) is 0 Å². The summed E-state index contributed by atoms with van der Waals surface area (Å²) in [6, 6.07) is 4.80. The number of rotatable bonds is 4. The fraction of sp³-hybridized carbons (Fsp3) is 0.364. The average Bonchev–Trinajstić information content (AvgIpc) is 2.21. The van der Waals surface area contributed by atoms with E-state index in [9.17, 15) is 4.79 Å². The van der Waals surface area contributed by atoms with Crippen molar-refractivity contribution in [3.8, 4) is 0 Å². The molecule has 0 aliphatic rings. The molecule has 0 radical (unpaired) electrons. The molecular weight excluding hydrogens is 214 g/mol. The third-order valence-electron chi connectivity index (χ3n) is 2.30. The van der Waals surface area contributed by atoms with Gasteiger partial charge >= 0.3 is 5.97 Å². The summed E-state index contributed by atoms with van der Waals surface area (Å²) in [5, 5.41) is 9.27. The van der Waals surface area contributed by atoms with Crippen LogP contribution in [-0.4, -0.2) is 24.2 Å². The molecule has 0 heterocycles. The molecule has 1 aromatic rings.